The van der Waals surface area contributed by atoms with Gasteiger partial charge in [0, 0.05) is 19.2 Å². The van der Waals surface area contributed by atoms with Crippen molar-refractivity contribution in [3.05, 3.63) is 33.9 Å². The maximum Gasteiger partial charge on any atom is 0.416 e. The summed E-state index contributed by atoms with van der Waals surface area (Å²) in [6.45, 7) is -0.0989. The lowest BCUT2D eigenvalue weighted by molar-refractivity contribution is -0.384. The largest absolute Gasteiger partial charge is 0.455 e. The molecule has 0 unspecified atom stereocenters. The molecule has 0 radical (unpaired) electrons. The first-order chi connectivity index (χ1) is 15.5. The molecule has 1 aliphatic heterocycles. The van der Waals surface area contributed by atoms with Gasteiger partial charge >= 0.3 is 12.1 Å². The molecule has 1 saturated carbocycles. The maximum atomic E-state index is 12.9. The molecule has 33 heavy (non-hydrogen) atoms. The summed E-state index contributed by atoms with van der Waals surface area (Å²) >= 11 is 0. The van der Waals surface area contributed by atoms with Crippen LogP contribution in [0.5, 0.6) is 0 Å². The zero-order valence-corrected chi connectivity index (χ0v) is 17.7. The lowest BCUT2D eigenvalue weighted by Crippen LogP contribution is -2.47. The zero-order valence-electron chi connectivity index (χ0n) is 17.7. The van der Waals surface area contributed by atoms with Crippen LogP contribution >= 0.6 is 0 Å². The lowest BCUT2D eigenvalue weighted by atomic mass is 9.96. The lowest BCUT2D eigenvalue weighted by Gasteiger charge is -2.32. The third-order valence-corrected chi connectivity index (χ3v) is 6.06. The number of rotatable bonds is 6. The minimum atomic E-state index is -4.70. The number of amides is 1. The third kappa shape index (κ3) is 5.71. The highest BCUT2D eigenvalue weighted by molar-refractivity contribution is 5.82. The molecule has 2 fully saturated rings. The Bertz CT molecular complexity index is 962. The van der Waals surface area contributed by atoms with Gasteiger partial charge in [0.25, 0.3) is 11.6 Å². The number of hydrogen-bond acceptors (Lipinski definition) is 7. The molecule has 0 spiro atoms. The first-order valence-electron chi connectivity index (χ1n) is 10.5. The van der Waals surface area contributed by atoms with Crippen LogP contribution in [0.1, 0.15) is 44.1 Å². The second-order valence-corrected chi connectivity index (χ2v) is 8.28. The third-order valence-electron chi connectivity index (χ3n) is 6.06. The number of nitro benzene ring substituents is 1. The van der Waals surface area contributed by atoms with E-state index in [1.54, 1.807) is 4.90 Å². The molecule has 0 bridgehead atoms. The fraction of sp³-hybridized carbons (Fsp3) is 0.571. The number of hydrogen-bond donors (Lipinski definition) is 1. The molecule has 1 aliphatic carbocycles. The molecule has 0 aromatic heterocycles. The summed E-state index contributed by atoms with van der Waals surface area (Å²) in [7, 11) is 0. The topological polar surface area (TPSA) is 126 Å². The van der Waals surface area contributed by atoms with Crippen LogP contribution in [0, 0.1) is 27.4 Å². The van der Waals surface area contributed by atoms with Crippen LogP contribution in [0.4, 0.5) is 24.5 Å². The van der Waals surface area contributed by atoms with Crippen molar-refractivity contribution < 1.29 is 32.4 Å². The minimum absolute atomic E-state index is 0.0533. The normalized spacial score (nSPS) is 18.4. The predicted octanol–water partition coefficient (Wildman–Crippen LogP) is 3.33. The minimum Gasteiger partial charge on any atom is -0.455 e. The molecule has 9 nitrogen and oxygen atoms in total. The number of benzene rings is 1. The zero-order chi connectivity index (χ0) is 24.2. The van der Waals surface area contributed by atoms with E-state index < -0.39 is 52.3 Å². The monoisotopic (exact) mass is 468 g/mol. The molecular formula is C21H23F3N4O5. The Labute approximate surface area is 187 Å². The molecule has 1 amide bonds. The fourth-order valence-electron chi connectivity index (χ4n) is 4.27. The SMILES string of the molecule is N#CC1(NC(=O)COC(=O)C2CCN(c3ccc(C(F)(F)F)cc3[N+](=O)[O-])CC2)CCCC1. The van der Waals surface area contributed by atoms with Gasteiger partial charge in [0.1, 0.15) is 11.2 Å². The second-order valence-electron chi connectivity index (χ2n) is 8.28. The van der Waals surface area contributed by atoms with Crippen LogP contribution in [-0.4, -0.2) is 42.0 Å². The Morgan fingerprint density at radius 2 is 1.91 bits per heavy atom. The van der Waals surface area contributed by atoms with Crippen molar-refractivity contribution in [2.24, 2.45) is 5.92 Å². The number of carbonyl (C=O) groups excluding carboxylic acids is 2. The van der Waals surface area contributed by atoms with Gasteiger partial charge < -0.3 is 15.0 Å². The van der Waals surface area contributed by atoms with Gasteiger partial charge in [-0.05, 0) is 50.7 Å². The van der Waals surface area contributed by atoms with E-state index in [1.807, 2.05) is 0 Å². The molecule has 2 aliphatic rings. The van der Waals surface area contributed by atoms with Crippen LogP contribution in [0.3, 0.4) is 0 Å². The van der Waals surface area contributed by atoms with Gasteiger partial charge in [-0.3, -0.25) is 19.7 Å². The molecule has 0 atom stereocenters. The first kappa shape index (κ1) is 24.3. The molecule has 1 heterocycles. The van der Waals surface area contributed by atoms with Gasteiger partial charge in [0.05, 0.1) is 22.5 Å². The number of nitrogens with one attached hydrogen (secondary N) is 1. The van der Waals surface area contributed by atoms with Crippen molar-refractivity contribution in [2.75, 3.05) is 24.6 Å². The number of esters is 1. The maximum absolute atomic E-state index is 12.9. The Morgan fingerprint density at radius 1 is 1.27 bits per heavy atom. The van der Waals surface area contributed by atoms with Gasteiger partial charge in [-0.2, -0.15) is 18.4 Å². The van der Waals surface area contributed by atoms with E-state index in [1.165, 1.54) is 0 Å². The number of nitro groups is 1. The van der Waals surface area contributed by atoms with Crippen molar-refractivity contribution in [1.82, 2.24) is 5.32 Å². The Kier molecular flexibility index (Phi) is 7.09. The highest BCUT2D eigenvalue weighted by Crippen LogP contribution is 2.37. The summed E-state index contributed by atoms with van der Waals surface area (Å²) in [4.78, 5) is 36.5. The first-order valence-corrected chi connectivity index (χ1v) is 10.5. The van der Waals surface area contributed by atoms with E-state index in [9.17, 15) is 38.1 Å². The predicted molar refractivity (Wildman–Crippen MR) is 109 cm³/mol. The van der Waals surface area contributed by atoms with Gasteiger partial charge in [0.15, 0.2) is 6.61 Å². The van der Waals surface area contributed by atoms with E-state index in [4.69, 9.17) is 4.74 Å². The van der Waals surface area contributed by atoms with Crippen molar-refractivity contribution >= 4 is 23.3 Å². The number of nitriles is 1. The van der Waals surface area contributed by atoms with E-state index in [0.29, 0.717) is 18.9 Å². The summed E-state index contributed by atoms with van der Waals surface area (Å²) in [5.74, 6) is -1.69. The highest BCUT2D eigenvalue weighted by Gasteiger charge is 2.37. The van der Waals surface area contributed by atoms with E-state index >= 15 is 0 Å². The molecule has 178 valence electrons. The molecule has 1 saturated heterocycles. The summed E-state index contributed by atoms with van der Waals surface area (Å²) in [6.07, 6.45) is -1.39. The van der Waals surface area contributed by atoms with Gasteiger partial charge in [0.2, 0.25) is 0 Å². The van der Waals surface area contributed by atoms with Gasteiger partial charge in [-0.1, -0.05) is 0 Å². The van der Waals surface area contributed by atoms with Crippen molar-refractivity contribution in [3.63, 3.8) is 0 Å². The van der Waals surface area contributed by atoms with Crippen molar-refractivity contribution in [3.8, 4) is 6.07 Å². The van der Waals surface area contributed by atoms with E-state index in [-0.39, 0.29) is 31.6 Å². The molecule has 12 heteroatoms. The molecule has 1 aromatic rings. The molecular weight excluding hydrogens is 445 g/mol. The average Bonchev–Trinajstić information content (AvgIpc) is 3.25. The smallest absolute Gasteiger partial charge is 0.416 e. The number of anilines is 1. The van der Waals surface area contributed by atoms with Crippen molar-refractivity contribution in [1.29, 1.82) is 5.26 Å². The van der Waals surface area contributed by atoms with Crippen molar-refractivity contribution in [2.45, 2.75) is 50.2 Å². The molecule has 3 rings (SSSR count). The van der Waals surface area contributed by atoms with Gasteiger partial charge in [-0.15, -0.1) is 0 Å². The number of alkyl halides is 3. The fourth-order valence-corrected chi connectivity index (χ4v) is 4.27. The van der Waals surface area contributed by atoms with Gasteiger partial charge in [-0.25, -0.2) is 0 Å². The number of ether oxygens (including phenoxy) is 1. The van der Waals surface area contributed by atoms with Crippen LogP contribution in [0.15, 0.2) is 18.2 Å². The number of halogens is 3. The Balaban J connectivity index is 1.54. The molecule has 1 aromatic carbocycles. The standard InChI is InChI=1S/C21H23F3N4O5/c22-21(23,24)15-3-4-16(17(11-15)28(31)32)27-9-5-14(6-10-27)19(30)33-12-18(29)26-20(13-25)7-1-2-8-20/h3-4,11,14H,1-2,5-10,12H2,(H,26,29). The van der Waals surface area contributed by atoms with E-state index in [0.717, 1.165) is 25.0 Å². The summed E-state index contributed by atoms with van der Waals surface area (Å²) in [5, 5.41) is 23.2. The van der Waals surface area contributed by atoms with Crippen LogP contribution in [-0.2, 0) is 20.5 Å². The summed E-state index contributed by atoms with van der Waals surface area (Å²) < 4.78 is 43.8. The van der Waals surface area contributed by atoms with Crippen LogP contribution < -0.4 is 10.2 Å². The number of nitrogens with zero attached hydrogens (tertiary/aromatic N) is 3. The number of piperidine rings is 1. The highest BCUT2D eigenvalue weighted by atomic mass is 19.4. The second kappa shape index (κ2) is 9.64. The Hall–Kier alpha value is -3.36. The van der Waals surface area contributed by atoms with Crippen LogP contribution in [0.25, 0.3) is 0 Å². The number of carbonyl (C=O) groups is 2. The summed E-state index contributed by atoms with van der Waals surface area (Å²) in [5.41, 5.74) is -2.62. The summed E-state index contributed by atoms with van der Waals surface area (Å²) in [6, 6.07) is 4.48. The molecule has 1 N–H and O–H groups in total. The Morgan fingerprint density at radius 3 is 2.45 bits per heavy atom. The average molecular weight is 468 g/mol. The van der Waals surface area contributed by atoms with E-state index in [2.05, 4.69) is 11.4 Å². The quantitative estimate of drug-likeness (QED) is 0.386. The van der Waals surface area contributed by atoms with Crippen LogP contribution in [0.2, 0.25) is 0 Å².